The fraction of sp³-hybridized carbons (Fsp3) is 0.438. The number of methoxy groups -OCH3 is 1. The van der Waals surface area contributed by atoms with Crippen molar-refractivity contribution >= 4 is 5.97 Å². The zero-order valence-corrected chi connectivity index (χ0v) is 10.7. The third-order valence-corrected chi connectivity index (χ3v) is 3.49. The molecule has 0 aromatic heterocycles. The van der Waals surface area contributed by atoms with E-state index in [1.165, 1.54) is 7.11 Å². The van der Waals surface area contributed by atoms with Crippen LogP contribution in [0.2, 0.25) is 0 Å². The second-order valence-electron chi connectivity index (χ2n) is 4.71. The van der Waals surface area contributed by atoms with E-state index < -0.39 is 0 Å². The molecule has 2 rings (SSSR count). The van der Waals surface area contributed by atoms with Crippen molar-refractivity contribution in [1.29, 1.82) is 0 Å². The van der Waals surface area contributed by atoms with Crippen LogP contribution in [0.25, 0.3) is 0 Å². The van der Waals surface area contributed by atoms with Gasteiger partial charge in [-0.3, -0.25) is 4.79 Å². The average molecular weight is 242 g/mol. The maximum absolute atomic E-state index is 11.3. The molecule has 2 atom stereocenters. The van der Waals surface area contributed by atoms with E-state index in [0.717, 1.165) is 24.8 Å². The first-order chi connectivity index (χ1) is 8.79. The van der Waals surface area contributed by atoms with Crippen molar-refractivity contribution in [2.45, 2.75) is 25.7 Å². The Labute approximate surface area is 108 Å². The third kappa shape index (κ3) is 3.37. The van der Waals surface area contributed by atoms with E-state index >= 15 is 0 Å². The van der Waals surface area contributed by atoms with Crippen LogP contribution in [0.4, 0.5) is 0 Å². The van der Waals surface area contributed by atoms with Crippen molar-refractivity contribution in [2.75, 3.05) is 7.11 Å². The third-order valence-electron chi connectivity index (χ3n) is 3.49. The van der Waals surface area contributed by atoms with Gasteiger partial charge in [0.05, 0.1) is 7.11 Å². The Morgan fingerprint density at radius 3 is 2.83 bits per heavy atom. The van der Waals surface area contributed by atoms with Crippen LogP contribution >= 0.6 is 0 Å². The van der Waals surface area contributed by atoms with Crippen molar-refractivity contribution in [3.8, 4) is 11.8 Å². The molecule has 0 heterocycles. The summed E-state index contributed by atoms with van der Waals surface area (Å²) in [4.78, 5) is 11.3. The Morgan fingerprint density at radius 1 is 1.33 bits per heavy atom. The molecule has 0 aliphatic heterocycles. The molecule has 0 spiro atoms. The highest BCUT2D eigenvalue weighted by Crippen LogP contribution is 2.33. The normalized spacial score (nSPS) is 22.1. The van der Waals surface area contributed by atoms with Gasteiger partial charge in [0.25, 0.3) is 0 Å². The molecule has 0 radical (unpaired) electrons. The van der Waals surface area contributed by atoms with Crippen LogP contribution in [-0.2, 0) is 9.53 Å². The molecule has 0 saturated heterocycles. The summed E-state index contributed by atoms with van der Waals surface area (Å²) in [5.74, 6) is 7.11. The van der Waals surface area contributed by atoms with Crippen LogP contribution in [0.3, 0.4) is 0 Å². The lowest BCUT2D eigenvalue weighted by atomic mass is 9.93. The topological polar surface area (TPSA) is 26.3 Å². The Morgan fingerprint density at radius 2 is 2.11 bits per heavy atom. The van der Waals surface area contributed by atoms with Crippen molar-refractivity contribution in [1.82, 2.24) is 0 Å². The van der Waals surface area contributed by atoms with Gasteiger partial charge in [-0.05, 0) is 30.9 Å². The Kier molecular flexibility index (Phi) is 4.41. The number of hydrogen-bond acceptors (Lipinski definition) is 2. The molecule has 1 aliphatic carbocycles. The van der Waals surface area contributed by atoms with Crippen LogP contribution < -0.4 is 0 Å². The molecule has 18 heavy (non-hydrogen) atoms. The molecule has 1 aliphatic rings. The van der Waals surface area contributed by atoms with Gasteiger partial charge in [0.15, 0.2) is 0 Å². The minimum atomic E-state index is -0.117. The molecule has 0 N–H and O–H groups in total. The van der Waals surface area contributed by atoms with Gasteiger partial charge in [-0.15, -0.1) is 0 Å². The van der Waals surface area contributed by atoms with Crippen molar-refractivity contribution < 1.29 is 9.53 Å². The summed E-state index contributed by atoms with van der Waals surface area (Å²) in [5, 5.41) is 0. The fourth-order valence-corrected chi connectivity index (χ4v) is 2.47. The minimum Gasteiger partial charge on any atom is -0.469 e. The van der Waals surface area contributed by atoms with Gasteiger partial charge in [0.2, 0.25) is 0 Å². The van der Waals surface area contributed by atoms with Gasteiger partial charge in [0, 0.05) is 17.9 Å². The highest BCUT2D eigenvalue weighted by Gasteiger charge is 2.28. The lowest BCUT2D eigenvalue weighted by molar-refractivity contribution is -0.141. The smallest absolute Gasteiger partial charge is 0.305 e. The summed E-state index contributed by atoms with van der Waals surface area (Å²) < 4.78 is 4.74. The van der Waals surface area contributed by atoms with Gasteiger partial charge >= 0.3 is 5.97 Å². The summed E-state index contributed by atoms with van der Waals surface area (Å²) in [7, 11) is 1.45. The van der Waals surface area contributed by atoms with Crippen LogP contribution in [-0.4, -0.2) is 13.1 Å². The van der Waals surface area contributed by atoms with Crippen molar-refractivity contribution in [3.63, 3.8) is 0 Å². The number of carbonyl (C=O) groups is 1. The number of hydrogen-bond donors (Lipinski definition) is 0. The Balaban J connectivity index is 2.00. The molecular weight excluding hydrogens is 224 g/mol. The van der Waals surface area contributed by atoms with E-state index in [4.69, 9.17) is 4.74 Å². The quantitative estimate of drug-likeness (QED) is 0.588. The highest BCUT2D eigenvalue weighted by atomic mass is 16.5. The van der Waals surface area contributed by atoms with Gasteiger partial charge in [0.1, 0.15) is 0 Å². The maximum atomic E-state index is 11.3. The fourth-order valence-electron chi connectivity index (χ4n) is 2.47. The lowest BCUT2D eigenvalue weighted by Crippen LogP contribution is -2.13. The summed E-state index contributed by atoms with van der Waals surface area (Å²) >= 11 is 0. The highest BCUT2D eigenvalue weighted by molar-refractivity contribution is 5.69. The predicted molar refractivity (Wildman–Crippen MR) is 70.8 cm³/mol. The van der Waals surface area contributed by atoms with E-state index in [2.05, 4.69) is 11.8 Å². The standard InChI is InChI=1S/C16H18O2/c1-18-16(17)12-15-9-5-8-14(15)11-10-13-6-3-2-4-7-13/h2-4,6-7,14-15H,5,8-9,12H2,1H3/t14-,15-/m0/s1. The molecule has 94 valence electrons. The van der Waals surface area contributed by atoms with E-state index in [0.29, 0.717) is 18.3 Å². The molecule has 0 bridgehead atoms. The van der Waals surface area contributed by atoms with Crippen LogP contribution in [0.1, 0.15) is 31.2 Å². The number of ether oxygens (including phenoxy) is 1. The number of rotatable bonds is 2. The SMILES string of the molecule is COC(=O)C[C@@H]1CCC[C@H]1C#Cc1ccccc1. The van der Waals surface area contributed by atoms with Crippen LogP contribution in [0.5, 0.6) is 0 Å². The van der Waals surface area contributed by atoms with Crippen molar-refractivity contribution in [3.05, 3.63) is 35.9 Å². The molecule has 0 unspecified atom stereocenters. The van der Waals surface area contributed by atoms with Gasteiger partial charge in [-0.25, -0.2) is 0 Å². The molecule has 1 saturated carbocycles. The van der Waals surface area contributed by atoms with E-state index in [9.17, 15) is 4.79 Å². The zero-order valence-electron chi connectivity index (χ0n) is 10.7. The van der Waals surface area contributed by atoms with Gasteiger partial charge < -0.3 is 4.74 Å². The second-order valence-corrected chi connectivity index (χ2v) is 4.71. The Bertz CT molecular complexity index is 453. The van der Waals surface area contributed by atoms with Crippen LogP contribution in [0.15, 0.2) is 30.3 Å². The van der Waals surface area contributed by atoms with E-state index in [1.807, 2.05) is 30.3 Å². The minimum absolute atomic E-state index is 0.117. The molecule has 2 heteroatoms. The van der Waals surface area contributed by atoms with Gasteiger partial charge in [-0.1, -0.05) is 36.5 Å². The lowest BCUT2D eigenvalue weighted by Gasteiger charge is -2.12. The van der Waals surface area contributed by atoms with Crippen LogP contribution in [0, 0.1) is 23.7 Å². The number of benzene rings is 1. The van der Waals surface area contributed by atoms with E-state index in [-0.39, 0.29) is 5.97 Å². The summed E-state index contributed by atoms with van der Waals surface area (Å²) in [6.45, 7) is 0. The molecule has 1 aromatic rings. The largest absolute Gasteiger partial charge is 0.469 e. The average Bonchev–Trinajstić information content (AvgIpc) is 2.84. The van der Waals surface area contributed by atoms with Gasteiger partial charge in [-0.2, -0.15) is 0 Å². The second kappa shape index (κ2) is 6.26. The Hall–Kier alpha value is -1.75. The number of esters is 1. The monoisotopic (exact) mass is 242 g/mol. The summed E-state index contributed by atoms with van der Waals surface area (Å²) in [6.07, 6.45) is 3.85. The zero-order chi connectivity index (χ0) is 12.8. The molecule has 2 nitrogen and oxygen atoms in total. The first-order valence-electron chi connectivity index (χ1n) is 6.43. The molecular formula is C16H18O2. The molecule has 0 amide bonds. The molecule has 1 fully saturated rings. The number of carbonyl (C=O) groups excluding carboxylic acids is 1. The molecule has 1 aromatic carbocycles. The van der Waals surface area contributed by atoms with Crippen molar-refractivity contribution in [2.24, 2.45) is 11.8 Å². The maximum Gasteiger partial charge on any atom is 0.305 e. The van der Waals surface area contributed by atoms with E-state index in [1.54, 1.807) is 0 Å². The summed E-state index contributed by atoms with van der Waals surface area (Å²) in [5.41, 5.74) is 1.04. The first kappa shape index (κ1) is 12.7. The predicted octanol–water partition coefficient (Wildman–Crippen LogP) is 3.02. The summed E-state index contributed by atoms with van der Waals surface area (Å²) in [6, 6.07) is 9.99. The first-order valence-corrected chi connectivity index (χ1v) is 6.43.